The average Bonchev–Trinajstić information content (AvgIpc) is 2.89. The van der Waals surface area contributed by atoms with E-state index in [1.165, 1.54) is 0 Å². The van der Waals surface area contributed by atoms with Crippen molar-refractivity contribution >= 4 is 15.9 Å². The van der Waals surface area contributed by atoms with E-state index in [1.54, 1.807) is 18.6 Å². The van der Waals surface area contributed by atoms with Gasteiger partial charge in [-0.1, -0.05) is 0 Å². The highest BCUT2D eigenvalue weighted by molar-refractivity contribution is 9.10. The topological polar surface area (TPSA) is 65.7 Å². The van der Waals surface area contributed by atoms with Crippen LogP contribution < -0.4 is 4.74 Å². The molecule has 0 aliphatic carbocycles. The van der Waals surface area contributed by atoms with Gasteiger partial charge in [0.25, 0.3) is 0 Å². The van der Waals surface area contributed by atoms with Gasteiger partial charge >= 0.3 is 0 Å². The van der Waals surface area contributed by atoms with Gasteiger partial charge in [-0.2, -0.15) is 5.10 Å². The quantitative estimate of drug-likeness (QED) is 0.670. The summed E-state index contributed by atoms with van der Waals surface area (Å²) >= 11 is 3.41. The molecule has 3 rings (SSSR count). The summed E-state index contributed by atoms with van der Waals surface area (Å²) in [5, 5.41) is 4.37. The maximum atomic E-state index is 5.62. The van der Waals surface area contributed by atoms with Crippen LogP contribution in [-0.2, 0) is 13.5 Å². The molecule has 6 nitrogen and oxygen atoms in total. The van der Waals surface area contributed by atoms with Gasteiger partial charge in [-0.15, -0.1) is 0 Å². The molecule has 0 saturated carbocycles. The van der Waals surface area contributed by atoms with Crippen LogP contribution in [0.1, 0.15) is 25.2 Å². The monoisotopic (exact) mass is 387 g/mol. The lowest BCUT2D eigenvalue weighted by molar-refractivity contribution is 0.231. The summed E-state index contributed by atoms with van der Waals surface area (Å²) in [4.78, 5) is 13.2. The van der Waals surface area contributed by atoms with Crippen LogP contribution in [-0.4, -0.2) is 30.8 Å². The van der Waals surface area contributed by atoms with Gasteiger partial charge in [0.1, 0.15) is 0 Å². The van der Waals surface area contributed by atoms with Crippen LogP contribution in [0.5, 0.6) is 5.88 Å². The van der Waals surface area contributed by atoms with Crippen molar-refractivity contribution in [2.24, 2.45) is 7.05 Å². The Kier molecular flexibility index (Phi) is 4.89. The highest BCUT2D eigenvalue weighted by Gasteiger charge is 2.14. The lowest BCUT2D eigenvalue weighted by Gasteiger charge is -2.10. The first kappa shape index (κ1) is 16.6. The Morgan fingerprint density at radius 2 is 2.00 bits per heavy atom. The summed E-state index contributed by atoms with van der Waals surface area (Å²) < 4.78 is 8.41. The molecule has 0 radical (unpaired) electrons. The zero-order chi connectivity index (χ0) is 17.1. The van der Waals surface area contributed by atoms with Crippen LogP contribution in [0.2, 0.25) is 0 Å². The molecule has 0 aliphatic heterocycles. The molecule has 0 spiro atoms. The minimum absolute atomic E-state index is 0.0637. The third-order valence-electron chi connectivity index (χ3n) is 3.43. The van der Waals surface area contributed by atoms with Crippen molar-refractivity contribution in [3.63, 3.8) is 0 Å². The van der Waals surface area contributed by atoms with E-state index < -0.39 is 0 Å². The third kappa shape index (κ3) is 3.79. The maximum absolute atomic E-state index is 5.62. The Morgan fingerprint density at radius 1 is 1.17 bits per heavy atom. The van der Waals surface area contributed by atoms with E-state index in [0.717, 1.165) is 27.1 Å². The Labute approximate surface area is 149 Å². The van der Waals surface area contributed by atoms with E-state index >= 15 is 0 Å². The van der Waals surface area contributed by atoms with E-state index in [0.29, 0.717) is 12.3 Å². The van der Waals surface area contributed by atoms with Gasteiger partial charge in [0, 0.05) is 35.9 Å². The summed E-state index contributed by atoms with van der Waals surface area (Å²) in [6, 6.07) is 3.94. The number of hydrogen-bond acceptors (Lipinski definition) is 5. The van der Waals surface area contributed by atoms with Crippen molar-refractivity contribution in [2.45, 2.75) is 26.4 Å². The molecule has 3 heterocycles. The zero-order valence-electron chi connectivity index (χ0n) is 13.8. The highest BCUT2D eigenvalue weighted by atomic mass is 79.9. The molecule has 0 atom stereocenters. The van der Waals surface area contributed by atoms with E-state index in [9.17, 15) is 0 Å². The molecule has 3 aromatic rings. The number of halogens is 1. The summed E-state index contributed by atoms with van der Waals surface area (Å²) in [6.07, 6.45) is 7.65. The fourth-order valence-corrected chi connectivity index (χ4v) is 2.60. The van der Waals surface area contributed by atoms with Crippen molar-refractivity contribution < 1.29 is 4.74 Å². The number of rotatable bonds is 5. The first-order valence-corrected chi connectivity index (χ1v) is 8.42. The number of nitrogens with zero attached hydrogens (tertiary/aromatic N) is 5. The van der Waals surface area contributed by atoms with Gasteiger partial charge in [-0.25, -0.2) is 4.98 Å². The van der Waals surface area contributed by atoms with Crippen LogP contribution in [0.3, 0.4) is 0 Å². The SMILES string of the molecule is CC(C)Oc1cncc(Cc2c(-c3ccc(Br)cn3)cnn2C)n1. The third-order valence-corrected chi connectivity index (χ3v) is 3.90. The Hall–Kier alpha value is -2.28. The lowest BCUT2D eigenvalue weighted by Crippen LogP contribution is -2.09. The Bertz CT molecular complexity index is 829. The normalized spacial score (nSPS) is 11.0. The number of ether oxygens (including phenoxy) is 1. The van der Waals surface area contributed by atoms with E-state index in [2.05, 4.69) is 36.0 Å². The first-order chi connectivity index (χ1) is 11.5. The first-order valence-electron chi connectivity index (χ1n) is 7.63. The van der Waals surface area contributed by atoms with Crippen molar-refractivity contribution in [2.75, 3.05) is 0 Å². The minimum atomic E-state index is 0.0637. The molecule has 0 amide bonds. The fraction of sp³-hybridized carbons (Fsp3) is 0.294. The van der Waals surface area contributed by atoms with Crippen LogP contribution in [0.4, 0.5) is 0 Å². The summed E-state index contributed by atoms with van der Waals surface area (Å²) in [7, 11) is 1.92. The highest BCUT2D eigenvalue weighted by Crippen LogP contribution is 2.24. The van der Waals surface area contributed by atoms with Crippen molar-refractivity contribution in [1.29, 1.82) is 0 Å². The van der Waals surface area contributed by atoms with Gasteiger partial charge in [0.2, 0.25) is 5.88 Å². The molecule has 0 fully saturated rings. The van der Waals surface area contributed by atoms with E-state index in [1.807, 2.05) is 43.9 Å². The largest absolute Gasteiger partial charge is 0.474 e. The molecule has 7 heteroatoms. The molecule has 0 saturated heterocycles. The zero-order valence-corrected chi connectivity index (χ0v) is 15.4. The average molecular weight is 388 g/mol. The molecule has 124 valence electrons. The van der Waals surface area contributed by atoms with Crippen molar-refractivity contribution in [1.82, 2.24) is 24.7 Å². The van der Waals surface area contributed by atoms with E-state index in [-0.39, 0.29) is 6.10 Å². The van der Waals surface area contributed by atoms with Crippen LogP contribution >= 0.6 is 15.9 Å². The second-order valence-electron chi connectivity index (χ2n) is 5.68. The molecule has 3 aromatic heterocycles. The second kappa shape index (κ2) is 7.09. The molecule has 0 bridgehead atoms. The molecular weight excluding hydrogens is 370 g/mol. The Balaban J connectivity index is 1.91. The lowest BCUT2D eigenvalue weighted by atomic mass is 10.1. The van der Waals surface area contributed by atoms with E-state index in [4.69, 9.17) is 4.74 Å². The number of aryl methyl sites for hydroxylation is 1. The number of pyridine rings is 1. The van der Waals surface area contributed by atoms with Gasteiger partial charge in [-0.3, -0.25) is 14.6 Å². The van der Waals surface area contributed by atoms with Crippen molar-refractivity contribution in [3.8, 4) is 17.1 Å². The molecule has 0 unspecified atom stereocenters. The summed E-state index contributed by atoms with van der Waals surface area (Å²) in [5.74, 6) is 0.535. The number of hydrogen-bond donors (Lipinski definition) is 0. The molecule has 0 aliphatic rings. The minimum Gasteiger partial charge on any atom is -0.474 e. The smallest absolute Gasteiger partial charge is 0.232 e. The summed E-state index contributed by atoms with van der Waals surface area (Å²) in [6.45, 7) is 3.93. The molecule has 0 N–H and O–H groups in total. The standard InChI is InChI=1S/C17H18BrN5O/c1-11(2)24-17-10-19-8-13(22-17)6-16-14(9-21-23(16)3)15-5-4-12(18)7-20-15/h4-5,7-11H,6H2,1-3H3. The maximum Gasteiger partial charge on any atom is 0.232 e. The van der Waals surface area contributed by atoms with Crippen molar-refractivity contribution in [3.05, 3.63) is 52.8 Å². The Morgan fingerprint density at radius 3 is 2.71 bits per heavy atom. The predicted octanol–water partition coefficient (Wildman–Crippen LogP) is 3.41. The molecule has 0 aromatic carbocycles. The van der Waals surface area contributed by atoms with Gasteiger partial charge in [0.15, 0.2) is 0 Å². The molecular formula is C17H18BrN5O. The second-order valence-corrected chi connectivity index (χ2v) is 6.60. The summed E-state index contributed by atoms with van der Waals surface area (Å²) in [5.41, 5.74) is 3.72. The van der Waals surface area contributed by atoms with Crippen LogP contribution in [0, 0.1) is 0 Å². The van der Waals surface area contributed by atoms with Crippen LogP contribution in [0.15, 0.2) is 41.4 Å². The van der Waals surface area contributed by atoms with Gasteiger partial charge in [-0.05, 0) is 41.9 Å². The van der Waals surface area contributed by atoms with Gasteiger partial charge < -0.3 is 4.74 Å². The predicted molar refractivity (Wildman–Crippen MR) is 94.7 cm³/mol. The fourth-order valence-electron chi connectivity index (χ4n) is 2.36. The molecule has 24 heavy (non-hydrogen) atoms. The number of aromatic nitrogens is 5. The van der Waals surface area contributed by atoms with Crippen LogP contribution in [0.25, 0.3) is 11.3 Å². The van der Waals surface area contributed by atoms with Gasteiger partial charge in [0.05, 0.1) is 35.6 Å².